The van der Waals surface area contributed by atoms with Gasteiger partial charge in [0.1, 0.15) is 47.1 Å². The van der Waals surface area contributed by atoms with E-state index in [0.717, 1.165) is 0 Å². The zero-order valence-electron chi connectivity index (χ0n) is 26.1. The van der Waals surface area contributed by atoms with Gasteiger partial charge in [-0.05, 0) is 58.7 Å². The first kappa shape index (κ1) is 27.5. The molecule has 0 saturated heterocycles. The van der Waals surface area contributed by atoms with E-state index in [1.165, 1.54) is 61.0 Å². The third kappa shape index (κ3) is 3.67. The van der Waals surface area contributed by atoms with E-state index < -0.39 is 14.5 Å². The molecule has 0 aromatic heterocycles. The Morgan fingerprint density at radius 3 is 0.915 bits per heavy atom. The Balaban J connectivity index is 1.36. The summed E-state index contributed by atoms with van der Waals surface area (Å²) in [6.07, 6.45) is 0. The van der Waals surface area contributed by atoms with Crippen molar-refractivity contribution < 1.29 is 0 Å². The second-order valence-corrected chi connectivity index (χ2v) is 20.8. The molecule has 0 radical (unpaired) electrons. The molecule has 10 rings (SSSR count). The van der Waals surface area contributed by atoms with Crippen molar-refractivity contribution in [1.82, 2.24) is 0 Å². The van der Waals surface area contributed by atoms with Crippen molar-refractivity contribution in [2.24, 2.45) is 0 Å². The van der Waals surface area contributed by atoms with E-state index in [2.05, 4.69) is 182 Å². The molecule has 0 bridgehead atoms. The zero-order valence-corrected chi connectivity index (χ0v) is 27.9. The van der Waals surface area contributed by atoms with Crippen LogP contribution in [0.5, 0.6) is 0 Å². The molecule has 7 aromatic rings. The van der Waals surface area contributed by atoms with Gasteiger partial charge >= 0.3 is 0 Å². The fraction of sp³-hybridized carbons (Fsp3) is 0.0667. The highest BCUT2D eigenvalue weighted by Crippen LogP contribution is 2.89. The van der Waals surface area contributed by atoms with Gasteiger partial charge in [0.15, 0.2) is 5.90 Å². The maximum atomic E-state index is 2.54. The van der Waals surface area contributed by atoms with E-state index in [4.69, 9.17) is 0 Å². The monoisotopic (exact) mass is 636 g/mol. The van der Waals surface area contributed by atoms with Gasteiger partial charge < -0.3 is 0 Å². The van der Waals surface area contributed by atoms with Crippen LogP contribution in [0.4, 0.5) is 0 Å². The number of benzene rings is 7. The molecule has 1 aliphatic heterocycles. The van der Waals surface area contributed by atoms with E-state index in [-0.39, 0.29) is 0 Å². The summed E-state index contributed by atoms with van der Waals surface area (Å²) in [5.41, 5.74) is 12.2. The number of hydrogen-bond donors (Lipinski definition) is 0. The third-order valence-corrected chi connectivity index (χ3v) is 22.7. The summed E-state index contributed by atoms with van der Waals surface area (Å²) in [5, 5.41) is 6.28. The standard InChI is InChI=1S/C45H34P2/c1-3-17-32(18-4-1)46(44-38-25-11-7-21-34(38)35-22-8-12-26-39(35)44)31-47(33-19-5-2-6-20-33,43-30-16-15-29-42(43)46)45-40-27-13-9-23-36(40)37-24-10-14-28-41(37)45/h1-30,44-45H,31H2/q+2. The average Bonchev–Trinajstić information content (AvgIpc) is 3.78. The first-order valence-electron chi connectivity index (χ1n) is 16.7. The molecule has 222 valence electrons. The summed E-state index contributed by atoms with van der Waals surface area (Å²) in [6.45, 7) is 0. The van der Waals surface area contributed by atoms with Crippen molar-refractivity contribution in [3.8, 4) is 22.3 Å². The molecule has 2 heteroatoms. The van der Waals surface area contributed by atoms with Crippen LogP contribution >= 0.6 is 14.5 Å². The van der Waals surface area contributed by atoms with Gasteiger partial charge in [-0.2, -0.15) is 0 Å². The Hall–Kier alpha value is -4.60. The van der Waals surface area contributed by atoms with Crippen molar-refractivity contribution in [2.45, 2.75) is 11.3 Å². The summed E-state index contributed by atoms with van der Waals surface area (Å²) in [7, 11) is -4.23. The molecule has 47 heavy (non-hydrogen) atoms. The number of fused-ring (bicyclic) bond motifs is 7. The molecule has 0 saturated carbocycles. The Labute approximate surface area is 278 Å². The predicted molar refractivity (Wildman–Crippen MR) is 204 cm³/mol. The maximum absolute atomic E-state index is 2.54. The molecular formula is C45H34P2+2. The van der Waals surface area contributed by atoms with Crippen molar-refractivity contribution >= 4 is 35.7 Å². The first-order chi connectivity index (χ1) is 23.3. The first-order valence-corrected chi connectivity index (χ1v) is 20.7. The van der Waals surface area contributed by atoms with E-state index in [0.29, 0.717) is 11.3 Å². The quantitative estimate of drug-likeness (QED) is 0.169. The lowest BCUT2D eigenvalue weighted by molar-refractivity contribution is 1.17. The van der Waals surface area contributed by atoms with Crippen LogP contribution in [0, 0.1) is 0 Å². The Bertz CT molecular complexity index is 2050. The maximum Gasteiger partial charge on any atom is 0.181 e. The van der Waals surface area contributed by atoms with Crippen LogP contribution in [0.15, 0.2) is 182 Å². The molecule has 1 heterocycles. The smallest absolute Gasteiger partial charge is 0.0620 e. The largest absolute Gasteiger partial charge is 0.181 e. The van der Waals surface area contributed by atoms with Gasteiger partial charge in [-0.1, -0.05) is 146 Å². The Morgan fingerprint density at radius 2 is 0.574 bits per heavy atom. The van der Waals surface area contributed by atoms with Crippen molar-refractivity contribution in [3.05, 3.63) is 204 Å². The minimum Gasteiger partial charge on any atom is -0.0620 e. The molecule has 0 amide bonds. The molecule has 2 atom stereocenters. The normalized spacial score (nSPS) is 20.7. The second-order valence-electron chi connectivity index (χ2n) is 13.2. The SMILES string of the molecule is c1ccc([P+]2(C3c4ccccc4-c4ccccc43)C[P+](c3ccccc3)(C3c4ccccc4-c4ccccc43)c3ccccc32)cc1. The second kappa shape index (κ2) is 10.5. The summed E-state index contributed by atoms with van der Waals surface area (Å²) >= 11 is 0. The molecule has 0 fully saturated rings. The molecule has 7 aromatic carbocycles. The van der Waals surface area contributed by atoms with Crippen LogP contribution < -0.4 is 21.2 Å². The van der Waals surface area contributed by atoms with Gasteiger partial charge in [0.2, 0.25) is 0 Å². The topological polar surface area (TPSA) is 0 Å². The van der Waals surface area contributed by atoms with E-state index in [1.54, 1.807) is 10.6 Å². The molecule has 3 aliphatic rings. The van der Waals surface area contributed by atoms with Gasteiger partial charge in [0, 0.05) is 22.3 Å². The molecule has 0 nitrogen and oxygen atoms in total. The van der Waals surface area contributed by atoms with Gasteiger partial charge in [0.25, 0.3) is 0 Å². The zero-order chi connectivity index (χ0) is 31.0. The molecule has 2 aliphatic carbocycles. The highest BCUT2D eigenvalue weighted by molar-refractivity contribution is 8.09. The Kier molecular flexibility index (Phi) is 6.12. The molecule has 0 spiro atoms. The van der Waals surface area contributed by atoms with Crippen LogP contribution in [0.3, 0.4) is 0 Å². The highest BCUT2D eigenvalue weighted by atomic mass is 31.2. The molecular weight excluding hydrogens is 602 g/mol. The van der Waals surface area contributed by atoms with Crippen molar-refractivity contribution in [3.63, 3.8) is 0 Å². The summed E-state index contributed by atoms with van der Waals surface area (Å²) < 4.78 is 0. The van der Waals surface area contributed by atoms with Gasteiger partial charge in [-0.15, -0.1) is 0 Å². The van der Waals surface area contributed by atoms with E-state index in [1.807, 2.05) is 0 Å². The predicted octanol–water partition coefficient (Wildman–Crippen LogP) is 10.1. The van der Waals surface area contributed by atoms with Crippen LogP contribution in [-0.4, -0.2) is 5.90 Å². The van der Waals surface area contributed by atoms with Crippen molar-refractivity contribution in [2.75, 3.05) is 5.90 Å². The summed E-state index contributed by atoms with van der Waals surface area (Å²) in [6, 6.07) is 70.3. The minimum atomic E-state index is -2.12. The van der Waals surface area contributed by atoms with Gasteiger partial charge in [-0.25, -0.2) is 0 Å². The van der Waals surface area contributed by atoms with Crippen LogP contribution in [0.25, 0.3) is 22.3 Å². The minimum absolute atomic E-state index is 0.302. The lowest BCUT2D eigenvalue weighted by Gasteiger charge is -2.33. The van der Waals surface area contributed by atoms with E-state index >= 15 is 0 Å². The third-order valence-electron chi connectivity index (χ3n) is 11.1. The Morgan fingerprint density at radius 1 is 0.298 bits per heavy atom. The average molecular weight is 637 g/mol. The van der Waals surface area contributed by atoms with E-state index in [9.17, 15) is 0 Å². The lowest BCUT2D eigenvalue weighted by Crippen LogP contribution is -2.31. The lowest BCUT2D eigenvalue weighted by atomic mass is 10.1. The van der Waals surface area contributed by atoms with Crippen LogP contribution in [0.2, 0.25) is 0 Å². The summed E-state index contributed by atoms with van der Waals surface area (Å²) in [4.78, 5) is 0. The number of hydrogen-bond acceptors (Lipinski definition) is 0. The van der Waals surface area contributed by atoms with Crippen molar-refractivity contribution in [1.29, 1.82) is 0 Å². The van der Waals surface area contributed by atoms with Gasteiger partial charge in [0.05, 0.1) is 0 Å². The van der Waals surface area contributed by atoms with Crippen LogP contribution in [0.1, 0.15) is 33.6 Å². The summed E-state index contributed by atoms with van der Waals surface area (Å²) in [5.74, 6) is 1.17. The highest BCUT2D eigenvalue weighted by Gasteiger charge is 2.74. The number of rotatable bonds is 4. The molecule has 0 N–H and O–H groups in total. The van der Waals surface area contributed by atoms with Crippen LogP contribution in [-0.2, 0) is 0 Å². The fourth-order valence-electron chi connectivity index (χ4n) is 9.42. The fourth-order valence-corrected chi connectivity index (χ4v) is 24.7. The van der Waals surface area contributed by atoms with Gasteiger partial charge in [-0.3, -0.25) is 0 Å². The molecule has 2 unspecified atom stereocenters.